The molecule has 2 unspecified atom stereocenters. The number of hydrogen-bond donors (Lipinski definition) is 3. The summed E-state index contributed by atoms with van der Waals surface area (Å²) in [4.78, 5) is 38.4. The van der Waals surface area contributed by atoms with Crippen LogP contribution < -0.4 is 20.7 Å². The molecule has 0 spiro atoms. The van der Waals surface area contributed by atoms with Crippen LogP contribution in [0.2, 0.25) is 0 Å². The minimum atomic E-state index is -1.20. The van der Waals surface area contributed by atoms with E-state index in [2.05, 4.69) is 16.0 Å². The summed E-state index contributed by atoms with van der Waals surface area (Å²) < 4.78 is 5.12. The molecule has 9 heteroatoms. The fraction of sp³-hybridized carbons (Fsp3) is 0.500. The molecule has 1 aromatic carbocycles. The van der Waals surface area contributed by atoms with E-state index in [1.807, 2.05) is 0 Å². The number of benzene rings is 1. The van der Waals surface area contributed by atoms with E-state index < -0.39 is 17.5 Å². The molecule has 0 bridgehead atoms. The average molecular weight is 397 g/mol. The third-order valence-electron chi connectivity index (χ3n) is 4.91. The van der Waals surface area contributed by atoms with Crippen molar-refractivity contribution in [1.29, 1.82) is 0 Å². The van der Waals surface area contributed by atoms with Gasteiger partial charge in [0, 0.05) is 12.6 Å². The number of imide groups is 1. The summed E-state index contributed by atoms with van der Waals surface area (Å²) in [5.74, 6) is -0.114. The lowest BCUT2D eigenvalue weighted by Gasteiger charge is -2.25. The van der Waals surface area contributed by atoms with Gasteiger partial charge in [0.15, 0.2) is 0 Å². The van der Waals surface area contributed by atoms with Gasteiger partial charge in [0.05, 0.1) is 7.11 Å². The number of hydrogen-bond acceptors (Lipinski definition) is 5. The summed E-state index contributed by atoms with van der Waals surface area (Å²) in [6.45, 7) is 3.00. The molecule has 3 N–H and O–H groups in total. The Labute approximate surface area is 164 Å². The van der Waals surface area contributed by atoms with Crippen LogP contribution in [0, 0.1) is 0 Å². The summed E-state index contributed by atoms with van der Waals surface area (Å²) in [7, 11) is 1.56. The van der Waals surface area contributed by atoms with Gasteiger partial charge in [-0.05, 0) is 44.0 Å². The van der Waals surface area contributed by atoms with E-state index in [1.165, 1.54) is 0 Å². The van der Waals surface area contributed by atoms with E-state index in [1.54, 1.807) is 38.3 Å². The molecule has 4 amide bonds. The highest BCUT2D eigenvalue weighted by molar-refractivity contribution is 6.09. The van der Waals surface area contributed by atoms with Gasteiger partial charge in [0.25, 0.3) is 5.91 Å². The Balaban J connectivity index is 0.00000261. The molecule has 0 aromatic heterocycles. The first-order valence-corrected chi connectivity index (χ1v) is 8.73. The number of halogens is 1. The number of carbonyl (C=O) groups is 3. The number of ether oxygens (including phenoxy) is 1. The number of piperidine rings is 1. The molecular formula is C18H25ClN4O4. The van der Waals surface area contributed by atoms with Crippen LogP contribution in [-0.4, -0.2) is 55.5 Å². The molecule has 2 atom stereocenters. The fourth-order valence-corrected chi connectivity index (χ4v) is 3.35. The summed E-state index contributed by atoms with van der Waals surface area (Å²) in [5, 5.41) is 8.78. The Hall–Kier alpha value is -2.32. The summed E-state index contributed by atoms with van der Waals surface area (Å²) in [6, 6.07) is 6.38. The minimum absolute atomic E-state index is 0. The number of carbonyl (C=O) groups excluding carboxylic acids is 3. The second-order valence-electron chi connectivity index (χ2n) is 6.79. The molecule has 2 fully saturated rings. The first-order chi connectivity index (χ1) is 12.4. The SMILES string of the molecule is COc1ccc(C2(C)NC(=O)N(CC(=O)NC3CCCNC3)C2=O)cc1.Cl. The van der Waals surface area contributed by atoms with Gasteiger partial charge >= 0.3 is 6.03 Å². The van der Waals surface area contributed by atoms with Gasteiger partial charge in [0.1, 0.15) is 17.8 Å². The Morgan fingerprint density at radius 2 is 2.04 bits per heavy atom. The molecule has 2 aliphatic heterocycles. The molecule has 3 rings (SSSR count). The lowest BCUT2D eigenvalue weighted by molar-refractivity contribution is -0.135. The van der Waals surface area contributed by atoms with E-state index >= 15 is 0 Å². The number of methoxy groups -OCH3 is 1. The Kier molecular flexibility index (Phi) is 6.67. The van der Waals surface area contributed by atoms with Gasteiger partial charge < -0.3 is 20.7 Å². The number of nitrogens with zero attached hydrogens (tertiary/aromatic N) is 1. The van der Waals surface area contributed by atoms with Crippen LogP contribution in [0.5, 0.6) is 5.75 Å². The standard InChI is InChI=1S/C18H24N4O4.ClH/c1-18(12-5-7-14(26-2)8-6-12)16(24)22(17(25)21-18)11-15(23)20-13-4-3-9-19-10-13;/h5-8,13,19H,3-4,9-11H2,1-2H3,(H,20,23)(H,21,25);1H. The van der Waals surface area contributed by atoms with Crippen molar-refractivity contribution in [2.45, 2.75) is 31.3 Å². The molecule has 2 aliphatic rings. The lowest BCUT2D eigenvalue weighted by atomic mass is 9.92. The van der Waals surface area contributed by atoms with Crippen molar-refractivity contribution in [1.82, 2.24) is 20.9 Å². The molecule has 27 heavy (non-hydrogen) atoms. The maximum Gasteiger partial charge on any atom is 0.325 e. The van der Waals surface area contributed by atoms with Crippen molar-refractivity contribution in [2.75, 3.05) is 26.7 Å². The maximum absolute atomic E-state index is 12.8. The van der Waals surface area contributed by atoms with Crippen LogP contribution in [0.15, 0.2) is 24.3 Å². The number of rotatable bonds is 5. The predicted molar refractivity (Wildman–Crippen MR) is 102 cm³/mol. The molecule has 148 valence electrons. The van der Waals surface area contributed by atoms with E-state index in [4.69, 9.17) is 4.74 Å². The van der Waals surface area contributed by atoms with Gasteiger partial charge in [0.2, 0.25) is 5.91 Å². The topological polar surface area (TPSA) is 99.8 Å². The quantitative estimate of drug-likeness (QED) is 0.638. The molecule has 2 heterocycles. The Bertz CT molecular complexity index is 706. The van der Waals surface area contributed by atoms with Gasteiger partial charge in [-0.25, -0.2) is 4.79 Å². The molecular weight excluding hydrogens is 372 g/mol. The van der Waals surface area contributed by atoms with Crippen LogP contribution in [-0.2, 0) is 15.1 Å². The second-order valence-corrected chi connectivity index (χ2v) is 6.79. The summed E-state index contributed by atoms with van der Waals surface area (Å²) in [5.41, 5.74) is -0.563. The molecule has 2 saturated heterocycles. The predicted octanol–water partition coefficient (Wildman–Crippen LogP) is 0.752. The Morgan fingerprint density at radius 1 is 1.33 bits per heavy atom. The second kappa shape index (κ2) is 8.58. The van der Waals surface area contributed by atoms with Crippen molar-refractivity contribution in [3.05, 3.63) is 29.8 Å². The summed E-state index contributed by atoms with van der Waals surface area (Å²) >= 11 is 0. The smallest absolute Gasteiger partial charge is 0.325 e. The first-order valence-electron chi connectivity index (χ1n) is 8.73. The zero-order valence-electron chi connectivity index (χ0n) is 15.4. The normalized spacial score (nSPS) is 24.8. The van der Waals surface area contributed by atoms with E-state index in [9.17, 15) is 14.4 Å². The van der Waals surface area contributed by atoms with Crippen molar-refractivity contribution >= 4 is 30.3 Å². The van der Waals surface area contributed by atoms with Crippen LogP contribution in [0.1, 0.15) is 25.3 Å². The third-order valence-corrected chi connectivity index (χ3v) is 4.91. The van der Waals surface area contributed by atoms with Gasteiger partial charge in [-0.15, -0.1) is 12.4 Å². The molecule has 0 saturated carbocycles. The van der Waals surface area contributed by atoms with E-state index in [0.717, 1.165) is 24.3 Å². The highest BCUT2D eigenvalue weighted by Crippen LogP contribution is 2.29. The highest BCUT2D eigenvalue weighted by Gasteiger charge is 2.49. The summed E-state index contributed by atoms with van der Waals surface area (Å²) in [6.07, 6.45) is 1.88. The van der Waals surface area contributed by atoms with Gasteiger partial charge in [-0.3, -0.25) is 14.5 Å². The Morgan fingerprint density at radius 3 is 2.63 bits per heavy atom. The zero-order chi connectivity index (χ0) is 18.7. The number of nitrogens with one attached hydrogen (secondary N) is 3. The van der Waals surface area contributed by atoms with Crippen LogP contribution >= 0.6 is 12.4 Å². The average Bonchev–Trinajstić information content (AvgIpc) is 2.86. The maximum atomic E-state index is 12.8. The number of amides is 4. The minimum Gasteiger partial charge on any atom is -0.497 e. The fourth-order valence-electron chi connectivity index (χ4n) is 3.35. The molecule has 0 radical (unpaired) electrons. The highest BCUT2D eigenvalue weighted by atomic mass is 35.5. The molecule has 1 aromatic rings. The van der Waals surface area contributed by atoms with Gasteiger partial charge in [-0.1, -0.05) is 12.1 Å². The van der Waals surface area contributed by atoms with Crippen LogP contribution in [0.25, 0.3) is 0 Å². The lowest BCUT2D eigenvalue weighted by Crippen LogP contribution is -2.49. The van der Waals surface area contributed by atoms with E-state index in [0.29, 0.717) is 17.9 Å². The van der Waals surface area contributed by atoms with Crippen molar-refractivity contribution < 1.29 is 19.1 Å². The van der Waals surface area contributed by atoms with Gasteiger partial charge in [-0.2, -0.15) is 0 Å². The van der Waals surface area contributed by atoms with Crippen molar-refractivity contribution in [3.8, 4) is 5.75 Å². The third kappa shape index (κ3) is 4.33. The number of urea groups is 1. The molecule has 8 nitrogen and oxygen atoms in total. The monoisotopic (exact) mass is 396 g/mol. The van der Waals surface area contributed by atoms with Crippen molar-refractivity contribution in [3.63, 3.8) is 0 Å². The molecule has 0 aliphatic carbocycles. The van der Waals surface area contributed by atoms with E-state index in [-0.39, 0.29) is 30.9 Å². The first kappa shape index (κ1) is 21.0. The van der Waals surface area contributed by atoms with Crippen LogP contribution in [0.3, 0.4) is 0 Å². The zero-order valence-corrected chi connectivity index (χ0v) is 16.2. The van der Waals surface area contributed by atoms with Crippen molar-refractivity contribution in [2.24, 2.45) is 0 Å². The van der Waals surface area contributed by atoms with Crippen LogP contribution in [0.4, 0.5) is 4.79 Å². The largest absolute Gasteiger partial charge is 0.497 e.